The molecule has 4 N–H and O–H groups in total. The van der Waals surface area contributed by atoms with E-state index in [0.717, 1.165) is 0 Å². The molecule has 0 aliphatic heterocycles. The van der Waals surface area contributed by atoms with E-state index in [1.807, 2.05) is 0 Å². The smallest absolute Gasteiger partial charge is 0 e. The zero-order valence-electron chi connectivity index (χ0n) is 11.9. The molecule has 0 spiro atoms. The topological polar surface area (TPSA) is 63.0 Å². The molecule has 0 atom stereocenters. The molecule has 0 amide bonds. The van der Waals surface area contributed by atoms with Crippen molar-refractivity contribution in [1.82, 2.24) is 0 Å². The van der Waals surface area contributed by atoms with Gasteiger partial charge in [0.2, 0.25) is 0 Å². The maximum Gasteiger partial charge on any atom is 0 e. The molecule has 0 aromatic heterocycles. The van der Waals surface area contributed by atoms with Crippen molar-refractivity contribution in [3.63, 3.8) is 0 Å². The van der Waals surface area contributed by atoms with Crippen molar-refractivity contribution in [3.05, 3.63) is 48.6 Å². The summed E-state index contributed by atoms with van der Waals surface area (Å²) in [4.78, 5) is 0. The molecule has 2 aliphatic rings. The van der Waals surface area contributed by atoms with Crippen LogP contribution in [0.1, 0.15) is 51.4 Å². The van der Waals surface area contributed by atoms with E-state index in [1.54, 1.807) is 0 Å². The SMILES string of the molecule is C1=CCC/C=C\CC1.C1=CCC/C=C\CC1.O.O.[Rh].[Rh]. The maximum absolute atomic E-state index is 2.27. The van der Waals surface area contributed by atoms with E-state index >= 15 is 0 Å². The van der Waals surface area contributed by atoms with Crippen LogP contribution in [0, 0.1) is 0 Å². The van der Waals surface area contributed by atoms with Crippen molar-refractivity contribution in [2.24, 2.45) is 0 Å². The third kappa shape index (κ3) is 20.4. The first-order chi connectivity index (χ1) is 8.00. The Morgan fingerprint density at radius 1 is 0.300 bits per heavy atom. The molecule has 2 aliphatic carbocycles. The molecule has 0 saturated heterocycles. The van der Waals surface area contributed by atoms with Gasteiger partial charge in [-0.15, -0.1) is 0 Å². The van der Waals surface area contributed by atoms with Gasteiger partial charge in [-0.2, -0.15) is 0 Å². The largest absolute Gasteiger partial charge is 0.412 e. The monoisotopic (exact) mass is 458 g/mol. The zero-order valence-corrected chi connectivity index (χ0v) is 15.2. The molecule has 0 heterocycles. The Kier molecular flexibility index (Phi) is 34.2. The molecule has 0 unspecified atom stereocenters. The Hall–Kier alpha value is 0.127. The Bertz CT molecular complexity index is 192. The number of hydrogen-bond donors (Lipinski definition) is 0. The second-order valence-electron chi connectivity index (χ2n) is 4.20. The van der Waals surface area contributed by atoms with Gasteiger partial charge in [-0.3, -0.25) is 0 Å². The standard InChI is InChI=1S/2C8H12.2H2O.2Rh/c2*1-2-4-6-8-7-5-3-1;;;;/h2*1-2,7-8H,3-6H2;2*1H2;;/b2*2-1-,8-7?;;;;. The first-order valence-electron chi connectivity index (χ1n) is 6.60. The van der Waals surface area contributed by atoms with Crippen molar-refractivity contribution in [1.29, 1.82) is 0 Å². The van der Waals surface area contributed by atoms with Gasteiger partial charge in [-0.25, -0.2) is 0 Å². The van der Waals surface area contributed by atoms with Gasteiger partial charge in [0, 0.05) is 39.0 Å². The number of allylic oxidation sites excluding steroid dienone is 8. The Morgan fingerprint density at radius 3 is 0.500 bits per heavy atom. The van der Waals surface area contributed by atoms with Crippen LogP contribution in [-0.4, -0.2) is 11.0 Å². The summed E-state index contributed by atoms with van der Waals surface area (Å²) in [6, 6.07) is 0. The summed E-state index contributed by atoms with van der Waals surface area (Å²) in [6.45, 7) is 0. The predicted molar refractivity (Wildman–Crippen MR) is 80.7 cm³/mol. The predicted octanol–water partition coefficient (Wildman–Crippen LogP) is 3.69. The van der Waals surface area contributed by atoms with E-state index in [1.165, 1.54) is 51.4 Å². The van der Waals surface area contributed by atoms with Crippen LogP contribution in [0.5, 0.6) is 0 Å². The minimum atomic E-state index is 0. The molecule has 4 heteroatoms. The zero-order chi connectivity index (χ0) is 11.3. The van der Waals surface area contributed by atoms with E-state index < -0.39 is 0 Å². The van der Waals surface area contributed by atoms with Gasteiger partial charge >= 0.3 is 0 Å². The summed E-state index contributed by atoms with van der Waals surface area (Å²) >= 11 is 0. The molecule has 0 aromatic rings. The first-order valence-corrected chi connectivity index (χ1v) is 6.60. The molecule has 2 radical (unpaired) electrons. The van der Waals surface area contributed by atoms with Gasteiger partial charge in [0.1, 0.15) is 0 Å². The Balaban J connectivity index is -0.000000107. The Morgan fingerprint density at radius 2 is 0.400 bits per heavy atom. The van der Waals surface area contributed by atoms with Crippen LogP contribution in [0.2, 0.25) is 0 Å². The fraction of sp³-hybridized carbons (Fsp3) is 0.500. The minimum Gasteiger partial charge on any atom is -0.412 e. The molecular weight excluding hydrogens is 430 g/mol. The van der Waals surface area contributed by atoms with Crippen LogP contribution in [0.15, 0.2) is 48.6 Å². The van der Waals surface area contributed by atoms with Gasteiger partial charge in [0.15, 0.2) is 0 Å². The fourth-order valence-corrected chi connectivity index (χ4v) is 1.71. The third-order valence-electron chi connectivity index (χ3n) is 2.67. The van der Waals surface area contributed by atoms with Crippen LogP contribution in [0.3, 0.4) is 0 Å². The second kappa shape index (κ2) is 24.2. The van der Waals surface area contributed by atoms with E-state index in [0.29, 0.717) is 0 Å². The van der Waals surface area contributed by atoms with Crippen LogP contribution in [0.25, 0.3) is 0 Å². The molecule has 0 saturated carbocycles. The van der Waals surface area contributed by atoms with E-state index in [4.69, 9.17) is 0 Å². The minimum absolute atomic E-state index is 0. The average molecular weight is 458 g/mol. The van der Waals surface area contributed by atoms with Crippen molar-refractivity contribution >= 4 is 0 Å². The van der Waals surface area contributed by atoms with E-state index in [2.05, 4.69) is 48.6 Å². The second-order valence-corrected chi connectivity index (χ2v) is 4.20. The summed E-state index contributed by atoms with van der Waals surface area (Å²) in [5.74, 6) is 0. The number of rotatable bonds is 0. The normalized spacial score (nSPS) is 19.2. The van der Waals surface area contributed by atoms with E-state index in [-0.39, 0.29) is 49.9 Å². The number of hydrogen-bond acceptors (Lipinski definition) is 0. The molecule has 20 heavy (non-hydrogen) atoms. The quantitative estimate of drug-likeness (QED) is 0.393. The summed E-state index contributed by atoms with van der Waals surface area (Å²) in [6.07, 6.45) is 28.0. The molecule has 2 rings (SSSR count). The van der Waals surface area contributed by atoms with E-state index in [9.17, 15) is 0 Å². The van der Waals surface area contributed by atoms with Crippen molar-refractivity contribution in [3.8, 4) is 0 Å². The van der Waals surface area contributed by atoms with Gasteiger partial charge in [-0.1, -0.05) is 48.6 Å². The summed E-state index contributed by atoms with van der Waals surface area (Å²) in [7, 11) is 0. The van der Waals surface area contributed by atoms with Gasteiger partial charge < -0.3 is 11.0 Å². The maximum atomic E-state index is 2.27. The fourth-order valence-electron chi connectivity index (χ4n) is 1.71. The van der Waals surface area contributed by atoms with Crippen LogP contribution in [-0.2, 0) is 39.0 Å². The molecular formula is C16H28O2Rh2. The van der Waals surface area contributed by atoms with Gasteiger partial charge in [0.25, 0.3) is 0 Å². The first kappa shape index (κ1) is 28.3. The molecule has 0 aromatic carbocycles. The molecule has 0 fully saturated rings. The van der Waals surface area contributed by atoms with Crippen molar-refractivity contribution < 1.29 is 49.9 Å². The van der Waals surface area contributed by atoms with Gasteiger partial charge in [-0.05, 0) is 51.4 Å². The summed E-state index contributed by atoms with van der Waals surface area (Å²) in [5, 5.41) is 0. The third-order valence-corrected chi connectivity index (χ3v) is 2.67. The summed E-state index contributed by atoms with van der Waals surface area (Å²) in [5.41, 5.74) is 0. The van der Waals surface area contributed by atoms with Crippen LogP contribution < -0.4 is 0 Å². The van der Waals surface area contributed by atoms with Crippen molar-refractivity contribution in [2.45, 2.75) is 51.4 Å². The molecule has 122 valence electrons. The van der Waals surface area contributed by atoms with Gasteiger partial charge in [0.05, 0.1) is 0 Å². The van der Waals surface area contributed by atoms with Crippen LogP contribution >= 0.6 is 0 Å². The van der Waals surface area contributed by atoms with Crippen molar-refractivity contribution in [2.75, 3.05) is 0 Å². The van der Waals surface area contributed by atoms with Crippen LogP contribution in [0.4, 0.5) is 0 Å². The Labute approximate surface area is 149 Å². The molecule has 2 nitrogen and oxygen atoms in total. The molecule has 0 bridgehead atoms. The average Bonchev–Trinajstić information content (AvgIpc) is 2.15. The summed E-state index contributed by atoms with van der Waals surface area (Å²) < 4.78 is 0.